The third-order valence-electron chi connectivity index (χ3n) is 6.60. The number of piperazine rings is 1. The van der Waals surface area contributed by atoms with E-state index >= 15 is 0 Å². The molecule has 0 spiro atoms. The molecule has 36 heavy (non-hydrogen) atoms. The highest BCUT2D eigenvalue weighted by Gasteiger charge is 2.31. The van der Waals surface area contributed by atoms with E-state index in [2.05, 4.69) is 37.5 Å². The SMILES string of the molecule is COc1ccc(Cn2nnnc2[C@@H](c2ccc(OC)cc2)N2CCN(c3ccccc3F)CC2)cc1. The second-order valence-corrected chi connectivity index (χ2v) is 8.69. The van der Waals surface area contributed by atoms with Crippen molar-refractivity contribution in [3.63, 3.8) is 0 Å². The zero-order valence-electron chi connectivity index (χ0n) is 20.4. The quantitative estimate of drug-likeness (QED) is 0.374. The minimum Gasteiger partial charge on any atom is -0.497 e. The molecule has 3 aromatic carbocycles. The topological polar surface area (TPSA) is 68.5 Å². The van der Waals surface area contributed by atoms with Gasteiger partial charge in [-0.25, -0.2) is 9.07 Å². The molecule has 2 heterocycles. The maximum Gasteiger partial charge on any atom is 0.173 e. The Balaban J connectivity index is 1.42. The molecule has 1 aliphatic rings. The van der Waals surface area contributed by atoms with Gasteiger partial charge in [-0.3, -0.25) is 4.90 Å². The normalized spacial score (nSPS) is 15.0. The van der Waals surface area contributed by atoms with E-state index in [0.717, 1.165) is 41.5 Å². The molecule has 1 atom stereocenters. The number of para-hydroxylation sites is 1. The van der Waals surface area contributed by atoms with Crippen LogP contribution in [0.25, 0.3) is 0 Å². The van der Waals surface area contributed by atoms with Gasteiger partial charge >= 0.3 is 0 Å². The summed E-state index contributed by atoms with van der Waals surface area (Å²) in [7, 11) is 3.31. The lowest BCUT2D eigenvalue weighted by Crippen LogP contribution is -2.48. The highest BCUT2D eigenvalue weighted by molar-refractivity contribution is 5.48. The monoisotopic (exact) mass is 488 g/mol. The number of aromatic nitrogens is 4. The van der Waals surface area contributed by atoms with Crippen LogP contribution in [0.5, 0.6) is 11.5 Å². The Labute approximate surface area is 209 Å². The summed E-state index contributed by atoms with van der Waals surface area (Å²) in [6, 6.07) is 22.7. The van der Waals surface area contributed by atoms with Crippen molar-refractivity contribution in [2.24, 2.45) is 0 Å². The van der Waals surface area contributed by atoms with Gasteiger partial charge in [0.2, 0.25) is 0 Å². The predicted molar refractivity (Wildman–Crippen MR) is 135 cm³/mol. The molecule has 9 heteroatoms. The lowest BCUT2D eigenvalue weighted by Gasteiger charge is -2.40. The molecule has 1 fully saturated rings. The summed E-state index contributed by atoms with van der Waals surface area (Å²) in [5, 5.41) is 12.8. The first-order chi connectivity index (χ1) is 17.7. The number of rotatable bonds is 8. The van der Waals surface area contributed by atoms with Crippen LogP contribution in [0.1, 0.15) is 23.0 Å². The molecule has 186 valence electrons. The summed E-state index contributed by atoms with van der Waals surface area (Å²) in [4.78, 5) is 4.45. The Kier molecular flexibility index (Phi) is 7.08. The predicted octanol–water partition coefficient (Wildman–Crippen LogP) is 3.79. The summed E-state index contributed by atoms with van der Waals surface area (Å²) in [5.74, 6) is 2.16. The van der Waals surface area contributed by atoms with E-state index in [-0.39, 0.29) is 11.9 Å². The van der Waals surface area contributed by atoms with Gasteiger partial charge in [0.25, 0.3) is 0 Å². The number of benzene rings is 3. The zero-order valence-corrected chi connectivity index (χ0v) is 20.4. The van der Waals surface area contributed by atoms with Crippen LogP contribution in [0.15, 0.2) is 72.8 Å². The average Bonchev–Trinajstić information content (AvgIpc) is 3.38. The Morgan fingerprint density at radius 3 is 2.11 bits per heavy atom. The van der Waals surface area contributed by atoms with Crippen molar-refractivity contribution in [3.05, 3.63) is 95.6 Å². The minimum absolute atomic E-state index is 0.160. The fourth-order valence-corrected chi connectivity index (χ4v) is 4.66. The van der Waals surface area contributed by atoms with Crippen LogP contribution in [0.4, 0.5) is 10.1 Å². The zero-order chi connectivity index (χ0) is 24.9. The molecule has 0 N–H and O–H groups in total. The molecule has 4 aromatic rings. The smallest absolute Gasteiger partial charge is 0.173 e. The van der Waals surface area contributed by atoms with Crippen LogP contribution >= 0.6 is 0 Å². The van der Waals surface area contributed by atoms with Crippen LogP contribution < -0.4 is 14.4 Å². The first kappa shape index (κ1) is 23.7. The molecule has 1 aromatic heterocycles. The number of methoxy groups -OCH3 is 2. The van der Waals surface area contributed by atoms with E-state index in [1.165, 1.54) is 6.07 Å². The van der Waals surface area contributed by atoms with Crippen LogP contribution in [-0.2, 0) is 6.54 Å². The summed E-state index contributed by atoms with van der Waals surface area (Å²) in [6.07, 6.45) is 0. The van der Waals surface area contributed by atoms with Crippen LogP contribution in [0, 0.1) is 5.82 Å². The van der Waals surface area contributed by atoms with Crippen LogP contribution in [0.2, 0.25) is 0 Å². The third kappa shape index (κ3) is 5.01. The van der Waals surface area contributed by atoms with Crippen molar-refractivity contribution in [1.29, 1.82) is 0 Å². The number of ether oxygens (including phenoxy) is 2. The largest absolute Gasteiger partial charge is 0.497 e. The standard InChI is InChI=1S/C27H29FN6O2/c1-35-22-11-7-20(8-12-22)19-34-27(29-30-31-34)26(21-9-13-23(36-2)14-10-21)33-17-15-32(16-18-33)25-6-4-3-5-24(25)28/h3-14,26H,15-19H2,1-2H3/t26-/m1/s1. The molecule has 0 radical (unpaired) electrons. The van der Waals surface area contributed by atoms with Gasteiger partial charge in [-0.05, 0) is 58.0 Å². The van der Waals surface area contributed by atoms with E-state index in [9.17, 15) is 4.39 Å². The fourth-order valence-electron chi connectivity index (χ4n) is 4.66. The summed E-state index contributed by atoms with van der Waals surface area (Å²) in [6.45, 7) is 3.41. The second kappa shape index (κ2) is 10.7. The molecule has 1 aliphatic heterocycles. The summed E-state index contributed by atoms with van der Waals surface area (Å²) >= 11 is 0. The second-order valence-electron chi connectivity index (χ2n) is 8.69. The number of halogens is 1. The number of tetrazole rings is 1. The van der Waals surface area contributed by atoms with Crippen LogP contribution in [0.3, 0.4) is 0 Å². The van der Waals surface area contributed by atoms with E-state index in [0.29, 0.717) is 25.3 Å². The molecule has 0 unspecified atom stereocenters. The van der Waals surface area contributed by atoms with Gasteiger partial charge in [0.1, 0.15) is 17.3 Å². The number of anilines is 1. The Bertz CT molecular complexity index is 1270. The summed E-state index contributed by atoms with van der Waals surface area (Å²) < 4.78 is 26.9. The molecule has 5 rings (SSSR count). The molecule has 0 amide bonds. The highest BCUT2D eigenvalue weighted by Crippen LogP contribution is 2.31. The molecule has 8 nitrogen and oxygen atoms in total. The highest BCUT2D eigenvalue weighted by atomic mass is 19.1. The van der Waals surface area contributed by atoms with E-state index in [4.69, 9.17) is 9.47 Å². The molecule has 1 saturated heterocycles. The van der Waals surface area contributed by atoms with Crippen molar-refractivity contribution in [2.75, 3.05) is 45.3 Å². The van der Waals surface area contributed by atoms with Gasteiger partial charge in [-0.15, -0.1) is 5.10 Å². The Hall–Kier alpha value is -3.98. The number of hydrogen-bond acceptors (Lipinski definition) is 7. The molecular weight excluding hydrogens is 459 g/mol. The fraction of sp³-hybridized carbons (Fsp3) is 0.296. The van der Waals surface area contributed by atoms with Gasteiger partial charge in [0.15, 0.2) is 5.82 Å². The van der Waals surface area contributed by atoms with Crippen LogP contribution in [-0.4, -0.2) is 65.5 Å². The first-order valence-electron chi connectivity index (χ1n) is 11.9. The Morgan fingerprint density at radius 1 is 0.833 bits per heavy atom. The van der Waals surface area contributed by atoms with Gasteiger partial charge < -0.3 is 14.4 Å². The van der Waals surface area contributed by atoms with Gasteiger partial charge in [0, 0.05) is 26.2 Å². The maximum absolute atomic E-state index is 14.4. The van der Waals surface area contributed by atoms with Crippen molar-refractivity contribution in [2.45, 2.75) is 12.6 Å². The van der Waals surface area contributed by atoms with Gasteiger partial charge in [0.05, 0.1) is 32.5 Å². The number of nitrogens with zero attached hydrogens (tertiary/aromatic N) is 6. The van der Waals surface area contributed by atoms with E-state index in [1.807, 2.05) is 53.2 Å². The van der Waals surface area contributed by atoms with E-state index in [1.54, 1.807) is 20.3 Å². The molecule has 0 saturated carbocycles. The van der Waals surface area contributed by atoms with Crippen molar-refractivity contribution in [3.8, 4) is 11.5 Å². The van der Waals surface area contributed by atoms with Crippen molar-refractivity contribution >= 4 is 5.69 Å². The maximum atomic E-state index is 14.4. The van der Waals surface area contributed by atoms with E-state index < -0.39 is 0 Å². The molecular formula is C27H29FN6O2. The van der Waals surface area contributed by atoms with Gasteiger partial charge in [-0.1, -0.05) is 36.4 Å². The molecule has 0 aliphatic carbocycles. The molecule has 0 bridgehead atoms. The average molecular weight is 489 g/mol. The minimum atomic E-state index is -0.193. The first-order valence-corrected chi connectivity index (χ1v) is 11.9. The Morgan fingerprint density at radius 2 is 1.47 bits per heavy atom. The lowest BCUT2D eigenvalue weighted by atomic mass is 10.0. The van der Waals surface area contributed by atoms with Crippen molar-refractivity contribution < 1.29 is 13.9 Å². The number of hydrogen-bond donors (Lipinski definition) is 0. The van der Waals surface area contributed by atoms with Crippen molar-refractivity contribution in [1.82, 2.24) is 25.1 Å². The third-order valence-corrected chi connectivity index (χ3v) is 6.60. The lowest BCUT2D eigenvalue weighted by molar-refractivity contribution is 0.201. The summed E-state index contributed by atoms with van der Waals surface area (Å²) in [5.41, 5.74) is 2.78. The van der Waals surface area contributed by atoms with Gasteiger partial charge in [-0.2, -0.15) is 0 Å².